The summed E-state index contributed by atoms with van der Waals surface area (Å²) in [5, 5.41) is 2.68. The van der Waals surface area contributed by atoms with Gasteiger partial charge in [0.05, 0.1) is 5.69 Å². The van der Waals surface area contributed by atoms with E-state index in [1.165, 1.54) is 0 Å². The van der Waals surface area contributed by atoms with Crippen molar-refractivity contribution in [2.75, 3.05) is 5.32 Å². The lowest BCUT2D eigenvalue weighted by Crippen LogP contribution is -2.48. The summed E-state index contributed by atoms with van der Waals surface area (Å²) in [6, 6.07) is 5.32. The lowest BCUT2D eigenvalue weighted by atomic mass is 9.88. The van der Waals surface area contributed by atoms with E-state index < -0.39 is 10.8 Å². The Bertz CT molecular complexity index is 484. The predicted molar refractivity (Wildman–Crippen MR) is 63.0 cm³/mol. The van der Waals surface area contributed by atoms with Gasteiger partial charge in [-0.05, 0) is 31.0 Å². The Hall–Kier alpha value is -1.35. The van der Waals surface area contributed by atoms with Crippen molar-refractivity contribution >= 4 is 29.0 Å². The van der Waals surface area contributed by atoms with Crippen molar-refractivity contribution < 1.29 is 9.59 Å². The minimum atomic E-state index is -1.44. The van der Waals surface area contributed by atoms with Gasteiger partial charge < -0.3 is 5.32 Å². The molecular weight excluding hydrogens is 226 g/mol. The Labute approximate surface area is 98.8 Å². The molecule has 0 bridgehead atoms. The van der Waals surface area contributed by atoms with Crippen molar-refractivity contribution in [3.8, 4) is 0 Å². The number of Topliss-reactive ketones (excluding diaryl/α,β-unsaturated/α-hetero) is 1. The first-order chi connectivity index (χ1) is 7.49. The van der Waals surface area contributed by atoms with Gasteiger partial charge in [0, 0.05) is 5.56 Å². The zero-order valence-corrected chi connectivity index (χ0v) is 9.89. The first-order valence-electron chi connectivity index (χ1n) is 5.15. The monoisotopic (exact) mass is 237 g/mol. The van der Waals surface area contributed by atoms with E-state index in [1.807, 2.05) is 13.0 Å². The number of carbonyl (C=O) groups excluding carboxylic acids is 2. The Balaban J connectivity index is 2.58. The molecule has 16 heavy (non-hydrogen) atoms. The third-order valence-electron chi connectivity index (χ3n) is 2.87. The quantitative estimate of drug-likeness (QED) is 0.603. The molecule has 1 atom stereocenters. The van der Waals surface area contributed by atoms with Gasteiger partial charge in [-0.3, -0.25) is 9.59 Å². The van der Waals surface area contributed by atoms with Crippen molar-refractivity contribution in [3.05, 3.63) is 29.3 Å². The number of carbonyl (C=O) groups is 2. The van der Waals surface area contributed by atoms with Crippen LogP contribution >= 0.6 is 11.6 Å². The fraction of sp³-hybridized carbons (Fsp3) is 0.333. The molecular formula is C12H12ClNO2. The molecule has 0 aliphatic carbocycles. The Morgan fingerprint density at radius 1 is 1.38 bits per heavy atom. The molecule has 1 aromatic rings. The van der Waals surface area contributed by atoms with E-state index in [2.05, 4.69) is 5.32 Å². The van der Waals surface area contributed by atoms with Crippen molar-refractivity contribution in [1.82, 2.24) is 0 Å². The van der Waals surface area contributed by atoms with Crippen LogP contribution in [0.1, 0.15) is 29.3 Å². The first-order valence-corrected chi connectivity index (χ1v) is 5.52. The molecule has 2 rings (SSSR count). The molecule has 4 heteroatoms. The molecule has 0 spiro atoms. The zero-order valence-electron chi connectivity index (χ0n) is 9.13. The fourth-order valence-corrected chi connectivity index (χ4v) is 1.97. The number of amides is 1. The van der Waals surface area contributed by atoms with Gasteiger partial charge in [0.2, 0.25) is 0 Å². The second-order valence-electron chi connectivity index (χ2n) is 3.99. The summed E-state index contributed by atoms with van der Waals surface area (Å²) in [7, 11) is 0. The van der Waals surface area contributed by atoms with Crippen LogP contribution in [0.5, 0.6) is 0 Å². The molecule has 1 unspecified atom stereocenters. The smallest absolute Gasteiger partial charge is 0.253 e. The number of alkyl halides is 1. The number of hydrogen-bond donors (Lipinski definition) is 1. The van der Waals surface area contributed by atoms with E-state index in [1.54, 1.807) is 19.1 Å². The summed E-state index contributed by atoms with van der Waals surface area (Å²) < 4.78 is 0. The van der Waals surface area contributed by atoms with Crippen molar-refractivity contribution in [2.45, 2.75) is 25.1 Å². The van der Waals surface area contributed by atoms with Gasteiger partial charge in [0.1, 0.15) is 0 Å². The van der Waals surface area contributed by atoms with Crippen molar-refractivity contribution in [1.29, 1.82) is 0 Å². The van der Waals surface area contributed by atoms with E-state index in [4.69, 9.17) is 11.6 Å². The van der Waals surface area contributed by atoms with E-state index in [0.29, 0.717) is 11.3 Å². The molecule has 0 saturated carbocycles. The lowest BCUT2D eigenvalue weighted by molar-refractivity contribution is -0.117. The van der Waals surface area contributed by atoms with Crippen LogP contribution in [0, 0.1) is 6.92 Å². The van der Waals surface area contributed by atoms with Gasteiger partial charge in [0.15, 0.2) is 10.7 Å². The minimum absolute atomic E-state index is 0.284. The van der Waals surface area contributed by atoms with Crippen LogP contribution in [0.2, 0.25) is 0 Å². The molecule has 0 saturated heterocycles. The molecule has 1 amide bonds. The molecule has 84 valence electrons. The highest BCUT2D eigenvalue weighted by Crippen LogP contribution is 2.34. The summed E-state index contributed by atoms with van der Waals surface area (Å²) in [6.07, 6.45) is 0.284. The molecule has 1 aliphatic rings. The average Bonchev–Trinajstić information content (AvgIpc) is 2.26. The standard InChI is InChI=1S/C12H12ClNO2/c1-3-12(13)10(15)8-5-4-7(2)6-9(8)14-11(12)16/h4-6H,3H2,1-2H3,(H,14,16). The summed E-state index contributed by atoms with van der Waals surface area (Å²) in [6.45, 7) is 3.63. The fourth-order valence-electron chi connectivity index (χ4n) is 1.82. The highest BCUT2D eigenvalue weighted by molar-refractivity contribution is 6.52. The minimum Gasteiger partial charge on any atom is -0.323 e. The molecule has 1 aromatic carbocycles. The summed E-state index contributed by atoms with van der Waals surface area (Å²) >= 11 is 6.07. The van der Waals surface area contributed by atoms with Crippen LogP contribution in [0.4, 0.5) is 5.69 Å². The first kappa shape index (κ1) is 11.1. The maximum Gasteiger partial charge on any atom is 0.253 e. The van der Waals surface area contributed by atoms with E-state index in [9.17, 15) is 9.59 Å². The average molecular weight is 238 g/mol. The SMILES string of the molecule is CCC1(Cl)C(=O)Nc2cc(C)ccc2C1=O. The number of aryl methyl sites for hydroxylation is 1. The zero-order chi connectivity index (χ0) is 11.9. The summed E-state index contributed by atoms with van der Waals surface area (Å²) in [4.78, 5) is 22.4. The van der Waals surface area contributed by atoms with Gasteiger partial charge in [-0.25, -0.2) is 0 Å². The molecule has 0 fully saturated rings. The van der Waals surface area contributed by atoms with Crippen LogP contribution in [-0.2, 0) is 4.79 Å². The molecule has 1 aliphatic heterocycles. The molecule has 3 nitrogen and oxygen atoms in total. The number of anilines is 1. The number of halogens is 1. The molecule has 0 radical (unpaired) electrons. The molecule has 0 aromatic heterocycles. The van der Waals surface area contributed by atoms with Crippen LogP contribution in [0.15, 0.2) is 18.2 Å². The summed E-state index contributed by atoms with van der Waals surface area (Å²) in [5.74, 6) is -0.741. The van der Waals surface area contributed by atoms with E-state index in [0.717, 1.165) is 5.56 Å². The third kappa shape index (κ3) is 1.43. The number of fused-ring (bicyclic) bond motifs is 1. The molecule has 1 heterocycles. The largest absolute Gasteiger partial charge is 0.323 e. The van der Waals surface area contributed by atoms with Crippen molar-refractivity contribution in [3.63, 3.8) is 0 Å². The van der Waals surface area contributed by atoms with Crippen molar-refractivity contribution in [2.24, 2.45) is 0 Å². The topological polar surface area (TPSA) is 46.2 Å². The Morgan fingerprint density at radius 3 is 2.69 bits per heavy atom. The van der Waals surface area contributed by atoms with Gasteiger partial charge >= 0.3 is 0 Å². The second-order valence-corrected chi connectivity index (χ2v) is 4.63. The lowest BCUT2D eigenvalue weighted by Gasteiger charge is -2.29. The Kier molecular flexibility index (Phi) is 2.50. The summed E-state index contributed by atoms with van der Waals surface area (Å²) in [5.41, 5.74) is 2.03. The second kappa shape index (κ2) is 3.59. The number of nitrogens with one attached hydrogen (secondary N) is 1. The van der Waals surface area contributed by atoms with Gasteiger partial charge in [0.25, 0.3) is 5.91 Å². The van der Waals surface area contributed by atoms with E-state index in [-0.39, 0.29) is 12.2 Å². The third-order valence-corrected chi connectivity index (χ3v) is 3.49. The molecule has 1 N–H and O–H groups in total. The normalized spacial score (nSPS) is 23.9. The maximum absolute atomic E-state index is 12.1. The highest BCUT2D eigenvalue weighted by Gasteiger charge is 2.46. The number of ketones is 1. The number of rotatable bonds is 1. The maximum atomic E-state index is 12.1. The Morgan fingerprint density at radius 2 is 2.06 bits per heavy atom. The predicted octanol–water partition coefficient (Wildman–Crippen LogP) is 2.52. The van der Waals surface area contributed by atoms with Gasteiger partial charge in [-0.1, -0.05) is 24.6 Å². The van der Waals surface area contributed by atoms with Gasteiger partial charge in [-0.15, -0.1) is 0 Å². The number of hydrogen-bond acceptors (Lipinski definition) is 2. The highest BCUT2D eigenvalue weighted by atomic mass is 35.5. The van der Waals surface area contributed by atoms with E-state index >= 15 is 0 Å². The van der Waals surface area contributed by atoms with Crippen LogP contribution in [0.3, 0.4) is 0 Å². The van der Waals surface area contributed by atoms with Crippen LogP contribution < -0.4 is 5.32 Å². The number of benzene rings is 1. The van der Waals surface area contributed by atoms with Crippen LogP contribution in [0.25, 0.3) is 0 Å². The van der Waals surface area contributed by atoms with Crippen LogP contribution in [-0.4, -0.2) is 16.6 Å². The van der Waals surface area contributed by atoms with Gasteiger partial charge in [-0.2, -0.15) is 0 Å².